The minimum Gasteiger partial charge on any atom is -0.463 e. The van der Waals surface area contributed by atoms with Crippen LogP contribution in [0.3, 0.4) is 0 Å². The Morgan fingerprint density at radius 3 is 2.59 bits per heavy atom. The number of hydrogen-bond donors (Lipinski definition) is 2. The molecule has 0 aromatic heterocycles. The number of nitrogens with one attached hydrogen (secondary N) is 2. The number of benzene rings is 1. The highest BCUT2D eigenvalue weighted by molar-refractivity contribution is 5.95. The zero-order valence-electron chi connectivity index (χ0n) is 16.5. The van der Waals surface area contributed by atoms with Crippen LogP contribution in [0, 0.1) is 5.82 Å². The van der Waals surface area contributed by atoms with Crippen molar-refractivity contribution in [2.24, 2.45) is 0 Å². The van der Waals surface area contributed by atoms with Crippen molar-refractivity contribution in [1.82, 2.24) is 20.4 Å². The van der Waals surface area contributed by atoms with Gasteiger partial charge in [0.15, 0.2) is 0 Å². The molecule has 3 rings (SSSR count). The van der Waals surface area contributed by atoms with Crippen LogP contribution in [0.4, 0.5) is 9.18 Å². The molecule has 0 spiro atoms. The number of esters is 1. The van der Waals surface area contributed by atoms with Gasteiger partial charge >= 0.3 is 12.0 Å². The van der Waals surface area contributed by atoms with Gasteiger partial charge in [-0.05, 0) is 24.6 Å². The average molecular weight is 404 g/mol. The summed E-state index contributed by atoms with van der Waals surface area (Å²) >= 11 is 0. The Labute approximate surface area is 168 Å². The highest BCUT2D eigenvalue weighted by Crippen LogP contribution is 2.28. The van der Waals surface area contributed by atoms with Gasteiger partial charge in [-0.15, -0.1) is 0 Å². The molecule has 2 N–H and O–H groups in total. The first-order chi connectivity index (χ1) is 13.9. The molecule has 1 aromatic rings. The molecule has 2 aliphatic heterocycles. The molecule has 0 aliphatic carbocycles. The Kier molecular flexibility index (Phi) is 6.48. The van der Waals surface area contributed by atoms with Gasteiger partial charge in [0.25, 0.3) is 0 Å². The van der Waals surface area contributed by atoms with Crippen LogP contribution in [0.25, 0.3) is 0 Å². The Bertz CT molecular complexity index is 834. The lowest BCUT2D eigenvalue weighted by atomic mass is 9.95. The van der Waals surface area contributed by atoms with Crippen LogP contribution < -0.4 is 10.6 Å². The van der Waals surface area contributed by atoms with Crippen molar-refractivity contribution in [3.05, 3.63) is 46.9 Å². The average Bonchev–Trinajstić information content (AvgIpc) is 2.68. The summed E-state index contributed by atoms with van der Waals surface area (Å²) in [4.78, 5) is 40.3. The lowest BCUT2D eigenvalue weighted by Gasteiger charge is -2.36. The number of carbonyl (C=O) groups excluding carboxylic acids is 3. The summed E-state index contributed by atoms with van der Waals surface area (Å²) in [5.41, 5.74) is 1.14. The van der Waals surface area contributed by atoms with Gasteiger partial charge in [-0.3, -0.25) is 9.69 Å². The fraction of sp³-hybridized carbons (Fsp3) is 0.450. The lowest BCUT2D eigenvalue weighted by molar-refractivity contribution is -0.139. The third kappa shape index (κ3) is 4.92. The van der Waals surface area contributed by atoms with Crippen LogP contribution in [0.5, 0.6) is 0 Å². The summed E-state index contributed by atoms with van der Waals surface area (Å²) in [5.74, 6) is -0.996. The van der Waals surface area contributed by atoms with Crippen LogP contribution in [0.2, 0.25) is 0 Å². The van der Waals surface area contributed by atoms with E-state index in [-0.39, 0.29) is 18.1 Å². The zero-order chi connectivity index (χ0) is 21.0. The van der Waals surface area contributed by atoms with Gasteiger partial charge in [0.1, 0.15) is 5.82 Å². The summed E-state index contributed by atoms with van der Waals surface area (Å²) < 4.78 is 19.0. The summed E-state index contributed by atoms with van der Waals surface area (Å²) in [7, 11) is 0. The van der Waals surface area contributed by atoms with Crippen LogP contribution in [0.1, 0.15) is 25.5 Å². The quantitative estimate of drug-likeness (QED) is 0.719. The van der Waals surface area contributed by atoms with Gasteiger partial charge < -0.3 is 20.3 Å². The maximum Gasteiger partial charge on any atom is 0.338 e. The molecular weight excluding hydrogens is 379 g/mol. The van der Waals surface area contributed by atoms with Gasteiger partial charge in [-0.25, -0.2) is 14.0 Å². The molecule has 1 fully saturated rings. The Morgan fingerprint density at radius 1 is 1.24 bits per heavy atom. The summed E-state index contributed by atoms with van der Waals surface area (Å²) in [6.07, 6.45) is 0. The van der Waals surface area contributed by atoms with E-state index in [1.165, 1.54) is 25.1 Å². The number of amides is 3. The van der Waals surface area contributed by atoms with Crippen LogP contribution in [-0.4, -0.2) is 67.0 Å². The molecule has 0 saturated carbocycles. The summed E-state index contributed by atoms with van der Waals surface area (Å²) in [5, 5.41) is 5.41. The second-order valence-corrected chi connectivity index (χ2v) is 6.98. The first-order valence-electron chi connectivity index (χ1n) is 9.60. The molecule has 2 heterocycles. The molecule has 8 nitrogen and oxygen atoms in total. The SMILES string of the molecule is CCOC(=O)C1=C(CN2CCN(C(C)=O)CC2)NC(=O)N[C@@H]1c1cccc(F)c1. The predicted octanol–water partition coefficient (Wildman–Crippen LogP) is 1.16. The molecule has 0 radical (unpaired) electrons. The standard InChI is InChI=1S/C20H25FN4O4/c1-3-29-19(27)17-16(12-24-7-9-25(10-8-24)13(2)26)22-20(28)23-18(17)14-5-4-6-15(21)11-14/h4-6,11,18H,3,7-10,12H2,1-2H3,(H2,22,23,28)/t18-/m1/s1. The first kappa shape index (κ1) is 20.8. The minimum absolute atomic E-state index is 0.0254. The largest absolute Gasteiger partial charge is 0.463 e. The van der Waals surface area contributed by atoms with E-state index in [1.54, 1.807) is 17.9 Å². The number of ether oxygens (including phenoxy) is 1. The number of carbonyl (C=O) groups is 3. The fourth-order valence-electron chi connectivity index (χ4n) is 3.57. The van der Waals surface area contributed by atoms with Gasteiger partial charge in [-0.1, -0.05) is 12.1 Å². The molecule has 1 aromatic carbocycles. The Hall–Kier alpha value is -2.94. The Morgan fingerprint density at radius 2 is 1.97 bits per heavy atom. The maximum atomic E-state index is 13.8. The molecule has 29 heavy (non-hydrogen) atoms. The van der Waals surface area contributed by atoms with E-state index < -0.39 is 23.9 Å². The molecule has 0 unspecified atom stereocenters. The number of urea groups is 1. The summed E-state index contributed by atoms with van der Waals surface area (Å²) in [6, 6.07) is 4.50. The molecule has 0 bridgehead atoms. The van der Waals surface area contributed by atoms with Crippen molar-refractivity contribution in [1.29, 1.82) is 0 Å². The number of piperazine rings is 1. The highest BCUT2D eigenvalue weighted by atomic mass is 19.1. The van der Waals surface area contributed by atoms with Crippen molar-refractivity contribution in [2.45, 2.75) is 19.9 Å². The molecule has 9 heteroatoms. The van der Waals surface area contributed by atoms with E-state index in [9.17, 15) is 18.8 Å². The maximum absolute atomic E-state index is 13.8. The van der Waals surface area contributed by atoms with E-state index in [4.69, 9.17) is 4.74 Å². The number of hydrogen-bond acceptors (Lipinski definition) is 5. The van der Waals surface area contributed by atoms with E-state index >= 15 is 0 Å². The molecule has 2 aliphatic rings. The van der Waals surface area contributed by atoms with Crippen molar-refractivity contribution in [2.75, 3.05) is 39.3 Å². The van der Waals surface area contributed by atoms with Gasteiger partial charge in [-0.2, -0.15) is 0 Å². The van der Waals surface area contributed by atoms with E-state index in [0.717, 1.165) is 0 Å². The molecule has 3 amide bonds. The minimum atomic E-state index is -0.813. The van der Waals surface area contributed by atoms with Gasteiger partial charge in [0.05, 0.1) is 18.2 Å². The number of rotatable bonds is 5. The van der Waals surface area contributed by atoms with Crippen LogP contribution in [-0.2, 0) is 14.3 Å². The molecule has 1 atom stereocenters. The number of nitrogens with zero attached hydrogens (tertiary/aromatic N) is 2. The van der Waals surface area contributed by atoms with Crippen LogP contribution in [0.15, 0.2) is 35.5 Å². The predicted molar refractivity (Wildman–Crippen MR) is 103 cm³/mol. The first-order valence-corrected chi connectivity index (χ1v) is 9.60. The third-order valence-corrected chi connectivity index (χ3v) is 5.03. The topological polar surface area (TPSA) is 91.0 Å². The third-order valence-electron chi connectivity index (χ3n) is 5.03. The number of halogens is 1. The highest BCUT2D eigenvalue weighted by Gasteiger charge is 2.35. The zero-order valence-corrected chi connectivity index (χ0v) is 16.5. The summed E-state index contributed by atoms with van der Waals surface area (Å²) in [6.45, 7) is 6.13. The van der Waals surface area contributed by atoms with Crippen molar-refractivity contribution in [3.8, 4) is 0 Å². The normalized spacial score (nSPS) is 20.2. The van der Waals surface area contributed by atoms with Gasteiger partial charge in [0, 0.05) is 45.3 Å². The van der Waals surface area contributed by atoms with Crippen molar-refractivity contribution in [3.63, 3.8) is 0 Å². The second-order valence-electron chi connectivity index (χ2n) is 6.98. The lowest BCUT2D eigenvalue weighted by Crippen LogP contribution is -2.52. The van der Waals surface area contributed by atoms with Crippen molar-refractivity contribution < 1.29 is 23.5 Å². The molecular formula is C20H25FN4O4. The second kappa shape index (κ2) is 9.04. The fourth-order valence-corrected chi connectivity index (χ4v) is 3.57. The van der Waals surface area contributed by atoms with E-state index in [0.29, 0.717) is 44.0 Å². The van der Waals surface area contributed by atoms with Gasteiger partial charge in [0.2, 0.25) is 5.91 Å². The Balaban J connectivity index is 1.90. The monoisotopic (exact) mass is 404 g/mol. The van der Waals surface area contributed by atoms with E-state index in [2.05, 4.69) is 15.5 Å². The smallest absolute Gasteiger partial charge is 0.338 e. The van der Waals surface area contributed by atoms with Crippen LogP contribution >= 0.6 is 0 Å². The molecule has 1 saturated heterocycles. The molecule has 156 valence electrons. The van der Waals surface area contributed by atoms with E-state index in [1.807, 2.05) is 0 Å². The van der Waals surface area contributed by atoms with Crippen molar-refractivity contribution >= 4 is 17.9 Å².